The Balaban J connectivity index is 2.88. The monoisotopic (exact) mass is 223 g/mol. The Kier molecular flexibility index (Phi) is 3.88. The van der Waals surface area contributed by atoms with E-state index < -0.39 is 11.9 Å². The molecule has 16 heavy (non-hydrogen) atoms. The molecule has 0 aromatic carbocycles. The van der Waals surface area contributed by atoms with Gasteiger partial charge in [0.2, 0.25) is 0 Å². The molecule has 1 rings (SSSR count). The van der Waals surface area contributed by atoms with E-state index in [1.807, 2.05) is 0 Å². The highest BCUT2D eigenvalue weighted by Gasteiger charge is 2.15. The maximum absolute atomic E-state index is 11.5. The molecule has 0 fully saturated rings. The Hall–Kier alpha value is -2.04. The van der Waals surface area contributed by atoms with Crippen LogP contribution in [0.15, 0.2) is 24.9 Å². The number of esters is 1. The van der Waals surface area contributed by atoms with Crippen LogP contribution in [-0.4, -0.2) is 28.2 Å². The summed E-state index contributed by atoms with van der Waals surface area (Å²) in [5, 5.41) is 8.67. The number of carboxylic acids is 1. The second-order valence-electron chi connectivity index (χ2n) is 3.31. The number of ether oxygens (including phenoxy) is 1. The number of aliphatic carboxylic acids is 1. The first-order valence-corrected chi connectivity index (χ1v) is 4.71. The van der Waals surface area contributed by atoms with Gasteiger partial charge in [-0.2, -0.15) is 0 Å². The van der Waals surface area contributed by atoms with Crippen molar-refractivity contribution in [1.29, 1.82) is 0 Å². The van der Waals surface area contributed by atoms with E-state index >= 15 is 0 Å². The Bertz CT molecular complexity index is 420. The standard InChI is InChI=1S/C11H13NO4/c1-3-4-16-11(15)9-5-8(2)6-12(9)7-10(13)14/h3,5-6H,1,4,7H2,2H3,(H,13,14). The van der Waals surface area contributed by atoms with E-state index in [2.05, 4.69) is 6.58 Å². The number of carbonyl (C=O) groups is 2. The van der Waals surface area contributed by atoms with Crippen molar-refractivity contribution < 1.29 is 19.4 Å². The van der Waals surface area contributed by atoms with E-state index in [1.165, 1.54) is 10.6 Å². The summed E-state index contributed by atoms with van der Waals surface area (Å²) in [5.41, 5.74) is 1.05. The molecular formula is C11H13NO4. The topological polar surface area (TPSA) is 68.5 Å². The lowest BCUT2D eigenvalue weighted by atomic mass is 10.3. The molecule has 86 valence electrons. The maximum Gasteiger partial charge on any atom is 0.355 e. The third kappa shape index (κ3) is 2.98. The van der Waals surface area contributed by atoms with Crippen molar-refractivity contribution >= 4 is 11.9 Å². The predicted molar refractivity (Wildman–Crippen MR) is 57.3 cm³/mol. The van der Waals surface area contributed by atoms with E-state index in [-0.39, 0.29) is 18.8 Å². The van der Waals surface area contributed by atoms with Crippen LogP contribution in [0.2, 0.25) is 0 Å². The smallest absolute Gasteiger partial charge is 0.355 e. The normalized spacial score (nSPS) is 9.81. The summed E-state index contributed by atoms with van der Waals surface area (Å²) >= 11 is 0. The second kappa shape index (κ2) is 5.16. The number of nitrogens with zero attached hydrogens (tertiary/aromatic N) is 1. The van der Waals surface area contributed by atoms with E-state index in [4.69, 9.17) is 9.84 Å². The van der Waals surface area contributed by atoms with Gasteiger partial charge in [0, 0.05) is 6.20 Å². The van der Waals surface area contributed by atoms with E-state index in [0.29, 0.717) is 0 Å². The fourth-order valence-corrected chi connectivity index (χ4v) is 1.31. The highest BCUT2D eigenvalue weighted by molar-refractivity contribution is 5.88. The Morgan fingerprint density at radius 2 is 2.31 bits per heavy atom. The van der Waals surface area contributed by atoms with Crippen LogP contribution in [0.1, 0.15) is 16.1 Å². The molecule has 0 amide bonds. The Morgan fingerprint density at radius 3 is 2.88 bits per heavy atom. The minimum atomic E-state index is -1.01. The first-order chi connectivity index (χ1) is 7.54. The predicted octanol–water partition coefficient (Wildman–Crippen LogP) is 1.22. The summed E-state index contributed by atoms with van der Waals surface area (Å²) in [4.78, 5) is 22.1. The molecule has 0 aliphatic heterocycles. The number of aryl methyl sites for hydroxylation is 1. The van der Waals surface area contributed by atoms with Crippen LogP contribution in [0.25, 0.3) is 0 Å². The fraction of sp³-hybridized carbons (Fsp3) is 0.273. The van der Waals surface area contributed by atoms with Crippen molar-refractivity contribution in [2.75, 3.05) is 6.61 Å². The van der Waals surface area contributed by atoms with Crippen molar-refractivity contribution in [1.82, 2.24) is 4.57 Å². The van der Waals surface area contributed by atoms with Crippen LogP contribution in [0.4, 0.5) is 0 Å². The van der Waals surface area contributed by atoms with E-state index in [0.717, 1.165) is 5.56 Å². The van der Waals surface area contributed by atoms with Crippen LogP contribution in [-0.2, 0) is 16.1 Å². The molecule has 0 saturated heterocycles. The van der Waals surface area contributed by atoms with Crippen molar-refractivity contribution in [3.63, 3.8) is 0 Å². The van der Waals surface area contributed by atoms with E-state index in [1.54, 1.807) is 19.2 Å². The largest absolute Gasteiger partial charge is 0.480 e. The third-order valence-corrected chi connectivity index (χ3v) is 1.88. The lowest BCUT2D eigenvalue weighted by Gasteiger charge is -2.05. The van der Waals surface area contributed by atoms with Gasteiger partial charge in [0.15, 0.2) is 0 Å². The van der Waals surface area contributed by atoms with Gasteiger partial charge in [-0.25, -0.2) is 4.79 Å². The molecule has 0 aliphatic carbocycles. The molecule has 1 aromatic heterocycles. The average Bonchev–Trinajstić information content (AvgIpc) is 2.55. The van der Waals surface area contributed by atoms with Gasteiger partial charge in [0.05, 0.1) is 0 Å². The van der Waals surface area contributed by atoms with E-state index in [9.17, 15) is 9.59 Å². The van der Waals surface area contributed by atoms with Crippen molar-refractivity contribution in [3.8, 4) is 0 Å². The summed E-state index contributed by atoms with van der Waals surface area (Å²) in [5.74, 6) is -1.55. The van der Waals surface area contributed by atoms with Gasteiger partial charge in [-0.15, -0.1) is 0 Å². The lowest BCUT2D eigenvalue weighted by Crippen LogP contribution is -2.15. The summed E-state index contributed by atoms with van der Waals surface area (Å²) < 4.78 is 6.19. The fourth-order valence-electron chi connectivity index (χ4n) is 1.31. The van der Waals surface area contributed by atoms with Gasteiger partial charge in [-0.1, -0.05) is 12.7 Å². The van der Waals surface area contributed by atoms with Gasteiger partial charge >= 0.3 is 11.9 Å². The first kappa shape index (κ1) is 12.0. The van der Waals surface area contributed by atoms with Crippen LogP contribution in [0, 0.1) is 6.92 Å². The Morgan fingerprint density at radius 1 is 1.62 bits per heavy atom. The highest BCUT2D eigenvalue weighted by atomic mass is 16.5. The number of aromatic nitrogens is 1. The molecule has 0 atom stereocenters. The lowest BCUT2D eigenvalue weighted by molar-refractivity contribution is -0.137. The molecule has 5 nitrogen and oxygen atoms in total. The number of carbonyl (C=O) groups excluding carboxylic acids is 1. The minimum absolute atomic E-state index is 0.107. The number of carboxylic acid groups (broad SMARTS) is 1. The summed E-state index contributed by atoms with van der Waals surface area (Å²) in [6.07, 6.45) is 3.05. The van der Waals surface area contributed by atoms with Crippen molar-refractivity contribution in [3.05, 3.63) is 36.2 Å². The van der Waals surface area contributed by atoms with Crippen LogP contribution in [0.3, 0.4) is 0 Å². The molecule has 0 unspecified atom stereocenters. The number of hydrogen-bond donors (Lipinski definition) is 1. The minimum Gasteiger partial charge on any atom is -0.480 e. The number of rotatable bonds is 5. The summed E-state index contributed by atoms with van der Waals surface area (Å²) in [6.45, 7) is 5.05. The van der Waals surface area contributed by atoms with Gasteiger partial charge in [0.1, 0.15) is 18.8 Å². The SMILES string of the molecule is C=CCOC(=O)c1cc(C)cn1CC(=O)O. The molecule has 0 saturated carbocycles. The summed E-state index contributed by atoms with van der Waals surface area (Å²) in [6, 6.07) is 1.59. The van der Waals surface area contributed by atoms with Gasteiger partial charge in [-0.05, 0) is 18.6 Å². The molecular weight excluding hydrogens is 210 g/mol. The van der Waals surface area contributed by atoms with Crippen LogP contribution >= 0.6 is 0 Å². The molecule has 0 radical (unpaired) electrons. The zero-order chi connectivity index (χ0) is 12.1. The van der Waals surface area contributed by atoms with Crippen molar-refractivity contribution in [2.45, 2.75) is 13.5 Å². The van der Waals surface area contributed by atoms with Gasteiger partial charge in [-0.3, -0.25) is 4.79 Å². The molecule has 1 aromatic rings. The maximum atomic E-state index is 11.5. The molecule has 1 heterocycles. The second-order valence-corrected chi connectivity index (χ2v) is 3.31. The summed E-state index contributed by atoms with van der Waals surface area (Å²) in [7, 11) is 0. The molecule has 5 heteroatoms. The first-order valence-electron chi connectivity index (χ1n) is 4.71. The van der Waals surface area contributed by atoms with Gasteiger partial charge in [0.25, 0.3) is 0 Å². The van der Waals surface area contributed by atoms with Gasteiger partial charge < -0.3 is 14.4 Å². The molecule has 0 aliphatic rings. The molecule has 1 N–H and O–H groups in total. The zero-order valence-corrected chi connectivity index (χ0v) is 8.97. The quantitative estimate of drug-likeness (QED) is 0.602. The Labute approximate surface area is 92.9 Å². The average molecular weight is 223 g/mol. The third-order valence-electron chi connectivity index (χ3n) is 1.88. The number of hydrogen-bond acceptors (Lipinski definition) is 3. The molecule has 0 bridgehead atoms. The van der Waals surface area contributed by atoms with Crippen LogP contribution < -0.4 is 0 Å². The van der Waals surface area contributed by atoms with Crippen LogP contribution in [0.5, 0.6) is 0 Å². The molecule has 0 spiro atoms. The zero-order valence-electron chi connectivity index (χ0n) is 8.97. The van der Waals surface area contributed by atoms with Crippen molar-refractivity contribution in [2.24, 2.45) is 0 Å². The highest BCUT2D eigenvalue weighted by Crippen LogP contribution is 2.09.